The van der Waals surface area contributed by atoms with Gasteiger partial charge in [-0.25, -0.2) is 13.2 Å². The molecular weight excluding hydrogens is 246 g/mol. The molecule has 1 atom stereocenters. The van der Waals surface area contributed by atoms with Crippen molar-refractivity contribution in [3.05, 3.63) is 18.0 Å². The Labute approximate surface area is 98.7 Å². The summed E-state index contributed by atoms with van der Waals surface area (Å²) in [6.07, 6.45) is 4.51. The Hall–Kier alpha value is -1.41. The van der Waals surface area contributed by atoms with E-state index in [0.29, 0.717) is 19.5 Å². The molecule has 1 N–H and O–H groups in total. The summed E-state index contributed by atoms with van der Waals surface area (Å²) < 4.78 is 25.5. The minimum Gasteiger partial charge on any atom is -0.478 e. The maximum Gasteiger partial charge on any atom is 0.338 e. The third kappa shape index (κ3) is 2.47. The van der Waals surface area contributed by atoms with E-state index in [0.717, 1.165) is 0 Å². The van der Waals surface area contributed by atoms with Crippen molar-refractivity contribution >= 4 is 16.0 Å². The van der Waals surface area contributed by atoms with E-state index >= 15 is 0 Å². The van der Waals surface area contributed by atoms with Gasteiger partial charge in [0.05, 0.1) is 24.1 Å². The van der Waals surface area contributed by atoms with Crippen LogP contribution in [-0.4, -0.2) is 52.9 Å². The topological polar surface area (TPSA) is 92.5 Å². The molecule has 0 radical (unpaired) electrons. The largest absolute Gasteiger partial charge is 0.478 e. The van der Waals surface area contributed by atoms with E-state index < -0.39 is 16.0 Å². The van der Waals surface area contributed by atoms with Crippen molar-refractivity contribution in [2.45, 2.75) is 12.5 Å². The van der Waals surface area contributed by atoms with Gasteiger partial charge in [-0.3, -0.25) is 4.68 Å². The van der Waals surface area contributed by atoms with E-state index in [9.17, 15) is 13.2 Å². The highest BCUT2D eigenvalue weighted by Gasteiger charge is 2.30. The maximum absolute atomic E-state index is 11.3. The van der Waals surface area contributed by atoms with Crippen LogP contribution in [0.5, 0.6) is 0 Å². The number of hydrogen-bond donors (Lipinski definition) is 1. The van der Waals surface area contributed by atoms with Crippen molar-refractivity contribution in [2.75, 3.05) is 19.3 Å². The number of aromatic carboxylic acids is 1. The van der Waals surface area contributed by atoms with E-state index in [2.05, 4.69) is 5.10 Å². The summed E-state index contributed by atoms with van der Waals surface area (Å²) in [6, 6.07) is -0.0853. The molecule has 0 spiro atoms. The molecule has 7 nitrogen and oxygen atoms in total. The molecule has 1 aliphatic rings. The molecule has 0 aliphatic carbocycles. The zero-order valence-corrected chi connectivity index (χ0v) is 10.1. The van der Waals surface area contributed by atoms with Crippen LogP contribution in [0.1, 0.15) is 22.8 Å². The number of carboxylic acids is 1. The molecule has 0 amide bonds. The Morgan fingerprint density at radius 2 is 2.29 bits per heavy atom. The number of nitrogens with zero attached hydrogens (tertiary/aromatic N) is 3. The number of carbonyl (C=O) groups is 1. The van der Waals surface area contributed by atoms with Gasteiger partial charge < -0.3 is 5.11 Å². The molecule has 94 valence electrons. The van der Waals surface area contributed by atoms with Gasteiger partial charge in [0, 0.05) is 19.3 Å². The van der Waals surface area contributed by atoms with Gasteiger partial charge >= 0.3 is 5.97 Å². The van der Waals surface area contributed by atoms with Crippen LogP contribution >= 0.6 is 0 Å². The molecule has 1 fully saturated rings. The second-order valence-electron chi connectivity index (χ2n) is 4.08. The molecular formula is C9H13N3O4S. The minimum atomic E-state index is -3.18. The summed E-state index contributed by atoms with van der Waals surface area (Å²) >= 11 is 0. The van der Waals surface area contributed by atoms with E-state index in [1.807, 2.05) is 0 Å². The van der Waals surface area contributed by atoms with Crippen LogP contribution in [0.3, 0.4) is 0 Å². The van der Waals surface area contributed by atoms with Crippen LogP contribution in [-0.2, 0) is 10.0 Å². The number of hydrogen-bond acceptors (Lipinski definition) is 4. The van der Waals surface area contributed by atoms with Crippen LogP contribution in [0, 0.1) is 0 Å². The Balaban J connectivity index is 2.12. The van der Waals surface area contributed by atoms with Gasteiger partial charge in [-0.15, -0.1) is 0 Å². The predicted octanol–water partition coefficient (Wildman–Crippen LogP) is -0.212. The molecule has 0 saturated carbocycles. The number of aromatic nitrogens is 2. The molecule has 0 aromatic carbocycles. The first kappa shape index (κ1) is 12.1. The van der Waals surface area contributed by atoms with Crippen molar-refractivity contribution in [1.82, 2.24) is 14.1 Å². The van der Waals surface area contributed by atoms with Crippen LogP contribution in [0.15, 0.2) is 12.4 Å². The van der Waals surface area contributed by atoms with Gasteiger partial charge in [0.25, 0.3) is 0 Å². The third-order valence-electron chi connectivity index (χ3n) is 2.82. The Bertz CT molecular complexity index is 536. The Morgan fingerprint density at radius 3 is 2.76 bits per heavy atom. The lowest BCUT2D eigenvalue weighted by molar-refractivity contribution is 0.0696. The van der Waals surface area contributed by atoms with Crippen LogP contribution in [0.25, 0.3) is 0 Å². The monoisotopic (exact) mass is 259 g/mol. The highest BCUT2D eigenvalue weighted by Crippen LogP contribution is 2.22. The molecule has 1 aliphatic heterocycles. The average Bonchev–Trinajstić information content (AvgIpc) is 2.85. The highest BCUT2D eigenvalue weighted by molar-refractivity contribution is 7.88. The van der Waals surface area contributed by atoms with Gasteiger partial charge in [-0.1, -0.05) is 0 Å². The highest BCUT2D eigenvalue weighted by atomic mass is 32.2. The fourth-order valence-corrected chi connectivity index (χ4v) is 2.76. The summed E-state index contributed by atoms with van der Waals surface area (Å²) in [5.41, 5.74) is 0.114. The first-order chi connectivity index (χ1) is 7.88. The molecule has 8 heteroatoms. The Morgan fingerprint density at radius 1 is 1.59 bits per heavy atom. The molecule has 1 saturated heterocycles. The standard InChI is InChI=1S/C9H13N3O4S/c1-17(15,16)11-3-2-8(6-11)12-5-7(4-10-12)9(13)14/h4-5,8H,2-3,6H2,1H3,(H,13,14)/t8-/m0/s1. The minimum absolute atomic E-state index is 0.0853. The fourth-order valence-electron chi connectivity index (χ4n) is 1.88. The lowest BCUT2D eigenvalue weighted by Crippen LogP contribution is -2.28. The van der Waals surface area contributed by atoms with Crippen LogP contribution in [0.4, 0.5) is 0 Å². The van der Waals surface area contributed by atoms with E-state index in [1.165, 1.54) is 27.6 Å². The summed E-state index contributed by atoms with van der Waals surface area (Å²) in [6.45, 7) is 0.797. The van der Waals surface area contributed by atoms with Gasteiger partial charge in [0.1, 0.15) is 0 Å². The molecule has 2 heterocycles. The molecule has 17 heavy (non-hydrogen) atoms. The third-order valence-corrected chi connectivity index (χ3v) is 4.09. The second-order valence-corrected chi connectivity index (χ2v) is 6.06. The quantitative estimate of drug-likeness (QED) is 0.810. The number of carboxylic acid groups (broad SMARTS) is 1. The summed E-state index contributed by atoms with van der Waals surface area (Å²) in [5, 5.41) is 12.7. The first-order valence-electron chi connectivity index (χ1n) is 5.10. The van der Waals surface area contributed by atoms with Gasteiger partial charge in [-0.05, 0) is 6.42 Å². The lowest BCUT2D eigenvalue weighted by Gasteiger charge is -2.13. The predicted molar refractivity (Wildman–Crippen MR) is 59.3 cm³/mol. The zero-order chi connectivity index (χ0) is 12.6. The van der Waals surface area contributed by atoms with Crippen LogP contribution in [0.2, 0.25) is 0 Å². The molecule has 1 aromatic heterocycles. The van der Waals surface area contributed by atoms with Crippen molar-refractivity contribution < 1.29 is 18.3 Å². The van der Waals surface area contributed by atoms with Crippen molar-refractivity contribution in [3.63, 3.8) is 0 Å². The number of sulfonamides is 1. The molecule has 2 rings (SSSR count). The number of rotatable bonds is 3. The van der Waals surface area contributed by atoms with Gasteiger partial charge in [0.2, 0.25) is 10.0 Å². The van der Waals surface area contributed by atoms with E-state index in [4.69, 9.17) is 5.11 Å². The van der Waals surface area contributed by atoms with Crippen molar-refractivity contribution in [2.24, 2.45) is 0 Å². The Kier molecular flexibility index (Phi) is 2.92. The molecule has 0 bridgehead atoms. The van der Waals surface area contributed by atoms with Gasteiger partial charge in [0.15, 0.2) is 0 Å². The maximum atomic E-state index is 11.3. The molecule has 0 unspecified atom stereocenters. The SMILES string of the molecule is CS(=O)(=O)N1CC[C@H](n2cc(C(=O)O)cn2)C1. The lowest BCUT2D eigenvalue weighted by atomic mass is 10.3. The van der Waals surface area contributed by atoms with Crippen molar-refractivity contribution in [3.8, 4) is 0 Å². The molecule has 1 aromatic rings. The normalized spacial score (nSPS) is 21.8. The summed E-state index contributed by atoms with van der Waals surface area (Å²) in [7, 11) is -3.18. The van der Waals surface area contributed by atoms with E-state index in [1.54, 1.807) is 0 Å². The summed E-state index contributed by atoms with van der Waals surface area (Å²) in [4.78, 5) is 10.7. The first-order valence-corrected chi connectivity index (χ1v) is 6.95. The van der Waals surface area contributed by atoms with Crippen LogP contribution < -0.4 is 0 Å². The second kappa shape index (κ2) is 4.11. The average molecular weight is 259 g/mol. The fraction of sp³-hybridized carbons (Fsp3) is 0.556. The van der Waals surface area contributed by atoms with Crippen molar-refractivity contribution in [1.29, 1.82) is 0 Å². The smallest absolute Gasteiger partial charge is 0.338 e. The zero-order valence-electron chi connectivity index (χ0n) is 9.28. The summed E-state index contributed by atoms with van der Waals surface area (Å²) in [5.74, 6) is -1.03. The van der Waals surface area contributed by atoms with E-state index in [-0.39, 0.29) is 11.6 Å². The van der Waals surface area contributed by atoms with Gasteiger partial charge in [-0.2, -0.15) is 9.40 Å².